The lowest BCUT2D eigenvalue weighted by Crippen LogP contribution is -2.55. The predicted octanol–water partition coefficient (Wildman–Crippen LogP) is 4.10. The molecule has 0 spiro atoms. The Balaban J connectivity index is 1.68. The smallest absolute Gasteiger partial charge is 0.233 e. The number of aryl methyl sites for hydroxylation is 3. The topological polar surface area (TPSA) is 58.6 Å². The number of aromatic nitrogens is 2. The van der Waals surface area contributed by atoms with E-state index in [-0.39, 0.29) is 11.3 Å². The lowest BCUT2D eigenvalue weighted by molar-refractivity contribution is -0.143. The molecule has 178 valence electrons. The molecule has 2 fully saturated rings. The summed E-state index contributed by atoms with van der Waals surface area (Å²) < 4.78 is 5.71. The number of piperidine rings is 1. The number of amides is 1. The molecule has 1 amide bonds. The number of rotatable bonds is 4. The summed E-state index contributed by atoms with van der Waals surface area (Å²) in [6.07, 6.45) is 3.39. The molecule has 0 saturated carbocycles. The molecule has 1 aromatic carbocycles. The Hall–Kier alpha value is -2.47. The lowest BCUT2D eigenvalue weighted by atomic mass is 9.71. The van der Waals surface area contributed by atoms with Crippen molar-refractivity contribution in [3.63, 3.8) is 0 Å². The van der Waals surface area contributed by atoms with Gasteiger partial charge in [-0.25, -0.2) is 9.97 Å². The van der Waals surface area contributed by atoms with Crippen LogP contribution in [0.15, 0.2) is 24.3 Å². The summed E-state index contributed by atoms with van der Waals surface area (Å²) in [5, 5.41) is 0. The Kier molecular flexibility index (Phi) is 6.50. The van der Waals surface area contributed by atoms with Gasteiger partial charge in [-0.3, -0.25) is 4.79 Å². The second kappa shape index (κ2) is 9.05. The van der Waals surface area contributed by atoms with Crippen LogP contribution in [0.2, 0.25) is 0 Å². The summed E-state index contributed by atoms with van der Waals surface area (Å²) in [6, 6.07) is 8.59. The van der Waals surface area contributed by atoms with Gasteiger partial charge in [0.05, 0.1) is 5.41 Å². The Morgan fingerprint density at radius 2 is 1.67 bits per heavy atom. The van der Waals surface area contributed by atoms with Crippen LogP contribution in [-0.2, 0) is 20.4 Å². The fraction of sp³-hybridized carbons (Fsp3) is 0.593. The molecule has 0 bridgehead atoms. The maximum atomic E-state index is 14.3. The van der Waals surface area contributed by atoms with E-state index in [4.69, 9.17) is 14.7 Å². The Morgan fingerprint density at radius 3 is 2.30 bits per heavy atom. The van der Waals surface area contributed by atoms with Crippen molar-refractivity contribution >= 4 is 11.7 Å². The molecule has 0 aliphatic carbocycles. The summed E-state index contributed by atoms with van der Waals surface area (Å²) in [5.74, 6) is 2.00. The first-order valence-electron chi connectivity index (χ1n) is 12.1. The summed E-state index contributed by atoms with van der Waals surface area (Å²) in [7, 11) is 4.01. The molecule has 0 N–H and O–H groups in total. The van der Waals surface area contributed by atoms with Gasteiger partial charge in [-0.1, -0.05) is 36.2 Å². The standard InChI is InChI=1S/C27H38N4O2/c1-19-14-20(2)16-22(15-19)27(9-12-33-13-10-27)25(32)31-11-7-8-26(4,18-31)24-28-21(3)17-23(29-24)30(5)6/h14-17H,7-13,18H2,1-6H3/t26-/m1/s1. The lowest BCUT2D eigenvalue weighted by Gasteiger charge is -2.45. The second-order valence-electron chi connectivity index (χ2n) is 10.5. The fourth-order valence-electron chi connectivity index (χ4n) is 5.55. The Labute approximate surface area is 198 Å². The number of benzene rings is 1. The number of nitrogens with zero attached hydrogens (tertiary/aromatic N) is 4. The quantitative estimate of drug-likeness (QED) is 0.702. The average molecular weight is 451 g/mol. The number of hydrogen-bond donors (Lipinski definition) is 0. The SMILES string of the molecule is Cc1cc(C)cc(C2(C(=O)N3CCC[C@@](C)(c4nc(C)cc(N(C)C)n4)C3)CCOCC2)c1. The highest BCUT2D eigenvalue weighted by atomic mass is 16.5. The van der Waals surface area contributed by atoms with Crippen LogP contribution in [0.3, 0.4) is 0 Å². The van der Waals surface area contributed by atoms with Gasteiger partial charge < -0.3 is 14.5 Å². The minimum absolute atomic E-state index is 0.238. The van der Waals surface area contributed by atoms with Gasteiger partial charge in [0.25, 0.3) is 0 Å². The van der Waals surface area contributed by atoms with Crippen molar-refractivity contribution in [2.24, 2.45) is 0 Å². The largest absolute Gasteiger partial charge is 0.381 e. The van der Waals surface area contributed by atoms with E-state index in [0.717, 1.165) is 55.1 Å². The van der Waals surface area contributed by atoms with Crippen LogP contribution in [0, 0.1) is 20.8 Å². The molecular weight excluding hydrogens is 412 g/mol. The third-order valence-corrected chi connectivity index (χ3v) is 7.35. The van der Waals surface area contributed by atoms with E-state index >= 15 is 0 Å². The zero-order valence-electron chi connectivity index (χ0n) is 21.1. The van der Waals surface area contributed by atoms with Gasteiger partial charge in [-0.2, -0.15) is 0 Å². The van der Waals surface area contributed by atoms with Gasteiger partial charge in [0.15, 0.2) is 0 Å². The number of carbonyl (C=O) groups excluding carboxylic acids is 1. The van der Waals surface area contributed by atoms with E-state index in [1.54, 1.807) is 0 Å². The van der Waals surface area contributed by atoms with Crippen molar-refractivity contribution in [1.29, 1.82) is 0 Å². The molecule has 6 nitrogen and oxygen atoms in total. The molecule has 2 aliphatic rings. The van der Waals surface area contributed by atoms with Gasteiger partial charge in [-0.15, -0.1) is 0 Å². The van der Waals surface area contributed by atoms with E-state index in [2.05, 4.69) is 43.9 Å². The van der Waals surface area contributed by atoms with Crippen LogP contribution in [0.25, 0.3) is 0 Å². The van der Waals surface area contributed by atoms with E-state index in [1.165, 1.54) is 11.1 Å². The highest BCUT2D eigenvalue weighted by molar-refractivity contribution is 5.89. The molecule has 0 radical (unpaired) electrons. The number of carbonyl (C=O) groups is 1. The Bertz CT molecular complexity index is 1010. The zero-order valence-corrected chi connectivity index (χ0v) is 21.1. The molecular formula is C27H38N4O2. The summed E-state index contributed by atoms with van der Waals surface area (Å²) >= 11 is 0. The maximum absolute atomic E-state index is 14.3. The third-order valence-electron chi connectivity index (χ3n) is 7.35. The average Bonchev–Trinajstić information content (AvgIpc) is 2.78. The summed E-state index contributed by atoms with van der Waals surface area (Å²) in [4.78, 5) is 28.1. The Morgan fingerprint density at radius 1 is 1.00 bits per heavy atom. The fourth-order valence-corrected chi connectivity index (χ4v) is 5.55. The molecule has 33 heavy (non-hydrogen) atoms. The number of likely N-dealkylation sites (tertiary alicyclic amines) is 1. The first kappa shape index (κ1) is 23.7. The second-order valence-corrected chi connectivity index (χ2v) is 10.5. The van der Waals surface area contributed by atoms with Crippen molar-refractivity contribution in [1.82, 2.24) is 14.9 Å². The predicted molar refractivity (Wildman–Crippen MR) is 132 cm³/mol. The minimum atomic E-state index is -0.518. The van der Waals surface area contributed by atoms with Crippen molar-refractivity contribution in [3.8, 4) is 0 Å². The van der Waals surface area contributed by atoms with Gasteiger partial charge in [-0.05, 0) is 52.0 Å². The van der Waals surface area contributed by atoms with Crippen molar-refractivity contribution in [2.75, 3.05) is 45.3 Å². The maximum Gasteiger partial charge on any atom is 0.233 e. The van der Waals surface area contributed by atoms with Crippen molar-refractivity contribution < 1.29 is 9.53 Å². The molecule has 0 unspecified atom stereocenters. The molecule has 2 aliphatic heterocycles. The highest BCUT2D eigenvalue weighted by Crippen LogP contribution is 2.40. The van der Waals surface area contributed by atoms with Crippen LogP contribution < -0.4 is 4.90 Å². The van der Waals surface area contributed by atoms with Crippen LogP contribution in [0.4, 0.5) is 5.82 Å². The van der Waals surface area contributed by atoms with E-state index < -0.39 is 5.41 Å². The van der Waals surface area contributed by atoms with E-state index in [0.29, 0.717) is 19.8 Å². The molecule has 4 rings (SSSR count). The highest BCUT2D eigenvalue weighted by Gasteiger charge is 2.47. The van der Waals surface area contributed by atoms with Crippen LogP contribution in [0.5, 0.6) is 0 Å². The molecule has 1 aromatic heterocycles. The molecule has 3 heterocycles. The normalized spacial score (nSPS) is 22.8. The minimum Gasteiger partial charge on any atom is -0.381 e. The number of anilines is 1. The van der Waals surface area contributed by atoms with Crippen molar-refractivity contribution in [2.45, 2.75) is 64.2 Å². The summed E-state index contributed by atoms with van der Waals surface area (Å²) in [6.45, 7) is 11.1. The van der Waals surface area contributed by atoms with Crippen LogP contribution in [0.1, 0.15) is 60.8 Å². The van der Waals surface area contributed by atoms with Gasteiger partial charge in [0.1, 0.15) is 11.6 Å². The monoisotopic (exact) mass is 450 g/mol. The van der Waals surface area contributed by atoms with E-state index in [1.807, 2.05) is 32.0 Å². The van der Waals surface area contributed by atoms with Gasteiger partial charge in [0.2, 0.25) is 5.91 Å². The molecule has 6 heteroatoms. The van der Waals surface area contributed by atoms with Gasteiger partial charge >= 0.3 is 0 Å². The van der Waals surface area contributed by atoms with Crippen LogP contribution >= 0.6 is 0 Å². The van der Waals surface area contributed by atoms with E-state index in [9.17, 15) is 4.79 Å². The number of ether oxygens (including phenoxy) is 1. The van der Waals surface area contributed by atoms with Gasteiger partial charge in [0, 0.05) is 57.6 Å². The summed E-state index contributed by atoms with van der Waals surface area (Å²) in [5.41, 5.74) is 3.73. The number of hydrogen-bond acceptors (Lipinski definition) is 5. The van der Waals surface area contributed by atoms with Crippen LogP contribution in [-0.4, -0.2) is 61.2 Å². The zero-order chi connectivity index (χ0) is 23.8. The first-order chi connectivity index (χ1) is 15.6. The first-order valence-corrected chi connectivity index (χ1v) is 12.1. The molecule has 2 saturated heterocycles. The van der Waals surface area contributed by atoms with Crippen molar-refractivity contribution in [3.05, 3.63) is 52.5 Å². The molecule has 1 atom stereocenters. The molecule has 2 aromatic rings. The third kappa shape index (κ3) is 4.63.